The van der Waals surface area contributed by atoms with E-state index in [-0.39, 0.29) is 28.1 Å². The Morgan fingerprint density at radius 2 is 2.12 bits per heavy atom. The largest absolute Gasteiger partial charge is 0.467 e. The lowest BCUT2D eigenvalue weighted by Gasteiger charge is -2.09. The zero-order valence-corrected chi connectivity index (χ0v) is 17.9. The molecule has 4 aromatic rings. The van der Waals surface area contributed by atoms with Gasteiger partial charge in [-0.05, 0) is 36.4 Å². The van der Waals surface area contributed by atoms with Crippen molar-refractivity contribution in [3.63, 3.8) is 0 Å². The number of thioether (sulfide) groups is 1. The Hall–Kier alpha value is -3.70. The summed E-state index contributed by atoms with van der Waals surface area (Å²) in [6.07, 6.45) is 4.92. The SMILES string of the molecule is O=C(CSc1nnc(-c2cccnc2)n1Cc1ccco1)Nc1ccc(Cl)c([N+](=O)[O-])c1. The molecule has 10 nitrogen and oxygen atoms in total. The van der Waals surface area contributed by atoms with Crippen molar-refractivity contribution in [1.82, 2.24) is 19.7 Å². The Labute approximate surface area is 190 Å². The normalized spacial score (nSPS) is 10.8. The molecule has 12 heteroatoms. The number of carbonyl (C=O) groups is 1. The van der Waals surface area contributed by atoms with Crippen LogP contribution in [0.25, 0.3) is 11.4 Å². The lowest BCUT2D eigenvalue weighted by molar-refractivity contribution is -0.384. The predicted octanol–water partition coefficient (Wildman–Crippen LogP) is 4.27. The van der Waals surface area contributed by atoms with E-state index in [1.807, 2.05) is 16.7 Å². The number of hydrogen-bond acceptors (Lipinski definition) is 8. The molecule has 0 aliphatic heterocycles. The number of nitrogens with one attached hydrogen (secondary N) is 1. The fraction of sp³-hybridized carbons (Fsp3) is 0.100. The van der Waals surface area contributed by atoms with Gasteiger partial charge in [-0.25, -0.2) is 0 Å². The fourth-order valence-electron chi connectivity index (χ4n) is 2.86. The molecule has 0 aliphatic rings. The second-order valence-corrected chi connectivity index (χ2v) is 7.82. The van der Waals surface area contributed by atoms with E-state index >= 15 is 0 Å². The number of rotatable bonds is 8. The molecule has 4 rings (SSSR count). The smallest absolute Gasteiger partial charge is 0.289 e. The highest BCUT2D eigenvalue weighted by molar-refractivity contribution is 7.99. The molecular formula is C20H15ClN6O4S. The topological polar surface area (TPSA) is 129 Å². The number of nitrogens with zero attached hydrogens (tertiary/aromatic N) is 5. The first-order chi connectivity index (χ1) is 15.5. The number of nitro groups is 1. The fourth-order valence-corrected chi connectivity index (χ4v) is 3.79. The molecule has 32 heavy (non-hydrogen) atoms. The van der Waals surface area contributed by atoms with Crippen LogP contribution in [-0.4, -0.2) is 36.3 Å². The van der Waals surface area contributed by atoms with E-state index in [0.29, 0.717) is 23.3 Å². The van der Waals surface area contributed by atoms with Gasteiger partial charge in [-0.1, -0.05) is 23.4 Å². The lowest BCUT2D eigenvalue weighted by atomic mass is 10.2. The highest BCUT2D eigenvalue weighted by Gasteiger charge is 2.18. The van der Waals surface area contributed by atoms with Crippen LogP contribution in [0.3, 0.4) is 0 Å². The van der Waals surface area contributed by atoms with Gasteiger partial charge in [0.25, 0.3) is 5.69 Å². The first-order valence-electron chi connectivity index (χ1n) is 9.24. The van der Waals surface area contributed by atoms with E-state index in [1.165, 1.54) is 30.0 Å². The molecule has 0 spiro atoms. The zero-order chi connectivity index (χ0) is 22.5. The molecule has 1 amide bonds. The third-order valence-corrected chi connectivity index (χ3v) is 5.58. The summed E-state index contributed by atoms with van der Waals surface area (Å²) in [5, 5.41) is 22.6. The van der Waals surface area contributed by atoms with Crippen molar-refractivity contribution in [2.45, 2.75) is 11.7 Å². The number of aromatic nitrogens is 4. The molecule has 0 radical (unpaired) electrons. The van der Waals surface area contributed by atoms with E-state index in [0.717, 1.165) is 5.56 Å². The number of amides is 1. The minimum Gasteiger partial charge on any atom is -0.467 e. The Bertz CT molecular complexity index is 1250. The van der Waals surface area contributed by atoms with Gasteiger partial charge in [0.15, 0.2) is 11.0 Å². The van der Waals surface area contributed by atoms with Crippen LogP contribution in [0, 0.1) is 10.1 Å². The van der Waals surface area contributed by atoms with Crippen molar-refractivity contribution in [3.8, 4) is 11.4 Å². The maximum absolute atomic E-state index is 12.4. The Kier molecular flexibility index (Phi) is 6.47. The standard InChI is InChI=1S/C20H15ClN6O4S/c21-16-6-5-14(9-17(16)27(29)30)23-18(28)12-32-20-25-24-19(13-3-1-7-22-10-13)26(20)11-15-4-2-8-31-15/h1-10H,11-12H2,(H,23,28). The van der Waals surface area contributed by atoms with Gasteiger partial charge in [-0.15, -0.1) is 10.2 Å². The van der Waals surface area contributed by atoms with Crippen LogP contribution in [0.15, 0.2) is 70.7 Å². The van der Waals surface area contributed by atoms with Crippen molar-refractivity contribution >= 4 is 40.6 Å². The van der Waals surface area contributed by atoms with E-state index in [2.05, 4.69) is 20.5 Å². The number of anilines is 1. The molecule has 3 aromatic heterocycles. The summed E-state index contributed by atoms with van der Waals surface area (Å²) in [5.41, 5.74) is 0.771. The maximum Gasteiger partial charge on any atom is 0.289 e. The number of carbonyl (C=O) groups excluding carboxylic acids is 1. The Morgan fingerprint density at radius 1 is 1.25 bits per heavy atom. The van der Waals surface area contributed by atoms with Crippen LogP contribution >= 0.6 is 23.4 Å². The molecule has 1 aromatic carbocycles. The maximum atomic E-state index is 12.4. The monoisotopic (exact) mass is 470 g/mol. The third-order valence-electron chi connectivity index (χ3n) is 4.29. The molecule has 0 saturated heterocycles. The minimum atomic E-state index is -0.607. The molecule has 0 unspecified atom stereocenters. The van der Waals surface area contributed by atoms with Gasteiger partial charge in [0.1, 0.15) is 10.8 Å². The van der Waals surface area contributed by atoms with Crippen molar-refractivity contribution in [2.75, 3.05) is 11.1 Å². The zero-order valence-electron chi connectivity index (χ0n) is 16.3. The average molecular weight is 471 g/mol. The Morgan fingerprint density at radius 3 is 2.84 bits per heavy atom. The van der Waals surface area contributed by atoms with Crippen LogP contribution in [0.5, 0.6) is 0 Å². The van der Waals surface area contributed by atoms with Crippen LogP contribution < -0.4 is 5.32 Å². The number of nitro benzene ring substituents is 1. The van der Waals surface area contributed by atoms with Crippen LogP contribution in [0.2, 0.25) is 5.02 Å². The molecule has 0 aliphatic carbocycles. The molecule has 162 valence electrons. The first kappa shape index (κ1) is 21.5. The van der Waals surface area contributed by atoms with Crippen LogP contribution in [-0.2, 0) is 11.3 Å². The summed E-state index contributed by atoms with van der Waals surface area (Å²) in [7, 11) is 0. The molecule has 3 heterocycles. The molecule has 1 N–H and O–H groups in total. The van der Waals surface area contributed by atoms with Gasteiger partial charge in [-0.3, -0.25) is 24.5 Å². The van der Waals surface area contributed by atoms with Crippen molar-refractivity contribution in [1.29, 1.82) is 0 Å². The summed E-state index contributed by atoms with van der Waals surface area (Å²) in [6, 6.07) is 11.4. The molecule has 0 saturated carbocycles. The third kappa shape index (κ3) is 4.95. The van der Waals surface area contributed by atoms with Crippen LogP contribution in [0.4, 0.5) is 11.4 Å². The van der Waals surface area contributed by atoms with E-state index in [9.17, 15) is 14.9 Å². The number of furan rings is 1. The number of hydrogen-bond donors (Lipinski definition) is 1. The lowest BCUT2D eigenvalue weighted by Crippen LogP contribution is -2.15. The first-order valence-corrected chi connectivity index (χ1v) is 10.6. The van der Waals surface area contributed by atoms with Crippen molar-refractivity contribution in [2.24, 2.45) is 0 Å². The summed E-state index contributed by atoms with van der Waals surface area (Å²) in [4.78, 5) is 27.0. The number of pyridine rings is 1. The number of halogens is 1. The van der Waals surface area contributed by atoms with Gasteiger partial charge in [-0.2, -0.15) is 0 Å². The van der Waals surface area contributed by atoms with Gasteiger partial charge < -0.3 is 9.73 Å². The predicted molar refractivity (Wildman–Crippen MR) is 119 cm³/mol. The molecular weight excluding hydrogens is 456 g/mol. The van der Waals surface area contributed by atoms with Crippen molar-refractivity contribution < 1.29 is 14.1 Å². The number of benzene rings is 1. The second-order valence-electron chi connectivity index (χ2n) is 6.47. The van der Waals surface area contributed by atoms with Crippen LogP contribution in [0.1, 0.15) is 5.76 Å². The molecule has 0 atom stereocenters. The summed E-state index contributed by atoms with van der Waals surface area (Å²) >= 11 is 6.99. The Balaban J connectivity index is 1.50. The summed E-state index contributed by atoms with van der Waals surface area (Å²) < 4.78 is 7.29. The minimum absolute atomic E-state index is 0.00340. The quantitative estimate of drug-likeness (QED) is 0.229. The van der Waals surface area contributed by atoms with Crippen molar-refractivity contribution in [3.05, 3.63) is 82.0 Å². The highest BCUT2D eigenvalue weighted by Crippen LogP contribution is 2.28. The van der Waals surface area contributed by atoms with Gasteiger partial charge in [0.2, 0.25) is 5.91 Å². The molecule has 0 bridgehead atoms. The van der Waals surface area contributed by atoms with Gasteiger partial charge >= 0.3 is 0 Å². The molecule has 0 fully saturated rings. The highest BCUT2D eigenvalue weighted by atomic mass is 35.5. The van der Waals surface area contributed by atoms with E-state index in [1.54, 1.807) is 30.8 Å². The van der Waals surface area contributed by atoms with E-state index in [4.69, 9.17) is 16.0 Å². The average Bonchev–Trinajstić information content (AvgIpc) is 3.44. The van der Waals surface area contributed by atoms with Gasteiger partial charge in [0.05, 0.1) is 23.5 Å². The summed E-state index contributed by atoms with van der Waals surface area (Å²) in [5.74, 6) is 0.947. The van der Waals surface area contributed by atoms with Gasteiger partial charge in [0, 0.05) is 29.7 Å². The van der Waals surface area contributed by atoms with E-state index < -0.39 is 4.92 Å². The second kappa shape index (κ2) is 9.62. The summed E-state index contributed by atoms with van der Waals surface area (Å²) in [6.45, 7) is 0.373.